The van der Waals surface area contributed by atoms with Gasteiger partial charge in [0.2, 0.25) is 0 Å². The number of nitrogens with zero attached hydrogens (tertiary/aromatic N) is 1. The fourth-order valence-corrected chi connectivity index (χ4v) is 4.29. The Morgan fingerprint density at radius 3 is 2.25 bits per heavy atom. The van der Waals surface area contributed by atoms with Gasteiger partial charge in [-0.25, -0.2) is 8.42 Å². The van der Waals surface area contributed by atoms with Crippen molar-refractivity contribution in [3.05, 3.63) is 88.4 Å². The van der Waals surface area contributed by atoms with Crippen LogP contribution < -0.4 is 14.4 Å². The minimum absolute atomic E-state index is 0.134. The highest BCUT2D eigenvalue weighted by molar-refractivity contribution is 7.92. The summed E-state index contributed by atoms with van der Waals surface area (Å²) in [5, 5.41) is 3.26. The number of ether oxygens (including phenoxy) is 1. The van der Waals surface area contributed by atoms with Gasteiger partial charge in [0.15, 0.2) is 0 Å². The van der Waals surface area contributed by atoms with E-state index in [0.717, 1.165) is 15.6 Å². The standard InChI is InChI=1S/C24H25ClN2O4S/c1-17-4-11-22(16-18(17)2)31-15-14-26-24(28)19-5-9-21(10-6-19)27(3)32(29,30)23-12-7-20(25)8-13-23/h4-13,16H,14-15H2,1-3H3,(H,26,28). The highest BCUT2D eigenvalue weighted by Crippen LogP contribution is 2.23. The van der Waals surface area contributed by atoms with E-state index < -0.39 is 10.0 Å². The topological polar surface area (TPSA) is 75.7 Å². The van der Waals surface area contributed by atoms with Crippen LogP contribution in [0.3, 0.4) is 0 Å². The van der Waals surface area contributed by atoms with Crippen LogP contribution in [0.5, 0.6) is 5.75 Å². The number of sulfonamides is 1. The minimum atomic E-state index is -3.73. The second-order valence-electron chi connectivity index (χ2n) is 7.32. The normalized spacial score (nSPS) is 11.1. The maximum atomic E-state index is 12.8. The number of benzene rings is 3. The lowest BCUT2D eigenvalue weighted by Crippen LogP contribution is -2.28. The van der Waals surface area contributed by atoms with Crippen LogP contribution in [0.2, 0.25) is 5.02 Å². The summed E-state index contributed by atoms with van der Waals surface area (Å²) < 4.78 is 32.4. The molecule has 1 amide bonds. The number of halogens is 1. The summed E-state index contributed by atoms with van der Waals surface area (Å²) in [7, 11) is -2.27. The van der Waals surface area contributed by atoms with Crippen LogP contribution in [0, 0.1) is 13.8 Å². The van der Waals surface area contributed by atoms with E-state index in [9.17, 15) is 13.2 Å². The third-order valence-electron chi connectivity index (χ3n) is 5.10. The summed E-state index contributed by atoms with van der Waals surface area (Å²) in [4.78, 5) is 12.5. The molecule has 0 spiro atoms. The fraction of sp³-hybridized carbons (Fsp3) is 0.208. The molecule has 0 aromatic heterocycles. The molecule has 32 heavy (non-hydrogen) atoms. The number of carbonyl (C=O) groups excluding carboxylic acids is 1. The van der Waals surface area contributed by atoms with Crippen molar-refractivity contribution in [2.24, 2.45) is 0 Å². The summed E-state index contributed by atoms with van der Waals surface area (Å²) >= 11 is 5.84. The molecule has 0 unspecified atom stereocenters. The number of rotatable bonds is 8. The summed E-state index contributed by atoms with van der Waals surface area (Å²) in [6.45, 7) is 4.74. The number of hydrogen-bond donors (Lipinski definition) is 1. The first kappa shape index (κ1) is 23.6. The van der Waals surface area contributed by atoms with Crippen LogP contribution in [-0.2, 0) is 10.0 Å². The van der Waals surface area contributed by atoms with Gasteiger partial charge in [0.25, 0.3) is 15.9 Å². The smallest absolute Gasteiger partial charge is 0.264 e. The highest BCUT2D eigenvalue weighted by atomic mass is 35.5. The quantitative estimate of drug-likeness (QED) is 0.486. The lowest BCUT2D eigenvalue weighted by molar-refractivity contribution is 0.0947. The minimum Gasteiger partial charge on any atom is -0.492 e. The molecule has 0 aliphatic heterocycles. The van der Waals surface area contributed by atoms with Crippen molar-refractivity contribution in [2.45, 2.75) is 18.7 Å². The number of hydrogen-bond acceptors (Lipinski definition) is 4. The SMILES string of the molecule is Cc1ccc(OCCNC(=O)c2ccc(N(C)S(=O)(=O)c3ccc(Cl)cc3)cc2)cc1C. The zero-order valence-corrected chi connectivity index (χ0v) is 19.7. The molecular weight excluding hydrogens is 448 g/mol. The molecular formula is C24H25ClN2O4S. The molecule has 0 aliphatic carbocycles. The van der Waals surface area contributed by atoms with Crippen molar-refractivity contribution >= 4 is 33.2 Å². The maximum Gasteiger partial charge on any atom is 0.264 e. The maximum absolute atomic E-state index is 12.8. The summed E-state index contributed by atoms with van der Waals surface area (Å²) in [6, 6.07) is 18.2. The van der Waals surface area contributed by atoms with E-state index in [1.807, 2.05) is 32.0 Å². The number of anilines is 1. The van der Waals surface area contributed by atoms with E-state index in [1.54, 1.807) is 24.3 Å². The highest BCUT2D eigenvalue weighted by Gasteiger charge is 2.21. The van der Waals surface area contributed by atoms with Gasteiger partial charge in [0.1, 0.15) is 12.4 Å². The van der Waals surface area contributed by atoms with Gasteiger partial charge in [0, 0.05) is 17.6 Å². The first-order valence-electron chi connectivity index (χ1n) is 10.0. The lowest BCUT2D eigenvalue weighted by Gasteiger charge is -2.20. The van der Waals surface area contributed by atoms with E-state index in [0.29, 0.717) is 29.4 Å². The number of aryl methyl sites for hydroxylation is 2. The third-order valence-corrected chi connectivity index (χ3v) is 7.15. The first-order chi connectivity index (χ1) is 15.2. The van der Waals surface area contributed by atoms with Gasteiger partial charge in [-0.3, -0.25) is 9.10 Å². The van der Waals surface area contributed by atoms with Gasteiger partial charge in [-0.15, -0.1) is 0 Å². The average molecular weight is 473 g/mol. The molecule has 3 aromatic carbocycles. The van der Waals surface area contributed by atoms with Crippen LogP contribution in [0.4, 0.5) is 5.69 Å². The molecule has 0 saturated carbocycles. The Labute approximate surface area is 193 Å². The van der Waals surface area contributed by atoms with Crippen LogP contribution >= 0.6 is 11.6 Å². The lowest BCUT2D eigenvalue weighted by atomic mass is 10.1. The Balaban J connectivity index is 1.56. The van der Waals surface area contributed by atoms with Crippen molar-refractivity contribution in [3.8, 4) is 5.75 Å². The van der Waals surface area contributed by atoms with E-state index in [2.05, 4.69) is 5.32 Å². The van der Waals surface area contributed by atoms with Gasteiger partial charge >= 0.3 is 0 Å². The third kappa shape index (κ3) is 5.60. The van der Waals surface area contributed by atoms with Crippen molar-refractivity contribution < 1.29 is 17.9 Å². The van der Waals surface area contributed by atoms with E-state index in [1.165, 1.54) is 36.9 Å². The number of amides is 1. The van der Waals surface area contributed by atoms with E-state index in [-0.39, 0.29) is 10.8 Å². The summed E-state index contributed by atoms with van der Waals surface area (Å²) in [6.07, 6.45) is 0. The summed E-state index contributed by atoms with van der Waals surface area (Å²) in [5.74, 6) is 0.500. The molecule has 168 valence electrons. The Hall–Kier alpha value is -3.03. The Kier molecular flexibility index (Phi) is 7.43. The molecule has 3 aromatic rings. The average Bonchev–Trinajstić information content (AvgIpc) is 2.78. The Bertz CT molecular complexity index is 1190. The number of nitrogens with one attached hydrogen (secondary N) is 1. The molecule has 6 nitrogen and oxygen atoms in total. The predicted molar refractivity (Wildman–Crippen MR) is 127 cm³/mol. The monoisotopic (exact) mass is 472 g/mol. The fourth-order valence-electron chi connectivity index (χ4n) is 2.97. The van der Waals surface area contributed by atoms with Gasteiger partial charge in [-0.1, -0.05) is 17.7 Å². The molecule has 0 heterocycles. The Morgan fingerprint density at radius 2 is 1.62 bits per heavy atom. The van der Waals surface area contributed by atoms with Crippen LogP contribution in [0.1, 0.15) is 21.5 Å². The van der Waals surface area contributed by atoms with Crippen molar-refractivity contribution in [3.63, 3.8) is 0 Å². The zero-order chi connectivity index (χ0) is 23.3. The van der Waals surface area contributed by atoms with Gasteiger partial charge < -0.3 is 10.1 Å². The molecule has 8 heteroatoms. The zero-order valence-electron chi connectivity index (χ0n) is 18.1. The van der Waals surface area contributed by atoms with Crippen molar-refractivity contribution in [1.82, 2.24) is 5.32 Å². The first-order valence-corrected chi connectivity index (χ1v) is 11.8. The molecule has 0 bridgehead atoms. The van der Waals surface area contributed by atoms with Gasteiger partial charge in [0.05, 0.1) is 17.1 Å². The second-order valence-corrected chi connectivity index (χ2v) is 9.73. The molecule has 3 rings (SSSR count). The molecule has 1 N–H and O–H groups in total. The second kappa shape index (κ2) is 10.1. The predicted octanol–water partition coefficient (Wildman–Crippen LogP) is 4.59. The molecule has 0 atom stereocenters. The van der Waals surface area contributed by atoms with Crippen LogP contribution in [0.15, 0.2) is 71.6 Å². The molecule has 0 fully saturated rings. The molecule has 0 saturated heterocycles. The van der Waals surface area contributed by atoms with Crippen molar-refractivity contribution in [1.29, 1.82) is 0 Å². The summed E-state index contributed by atoms with van der Waals surface area (Å²) in [5.41, 5.74) is 3.21. The Morgan fingerprint density at radius 1 is 0.969 bits per heavy atom. The van der Waals surface area contributed by atoms with E-state index in [4.69, 9.17) is 16.3 Å². The number of carbonyl (C=O) groups is 1. The van der Waals surface area contributed by atoms with E-state index >= 15 is 0 Å². The molecule has 0 aliphatic rings. The molecule has 0 radical (unpaired) electrons. The van der Waals surface area contributed by atoms with Gasteiger partial charge in [-0.05, 0) is 85.6 Å². The van der Waals surface area contributed by atoms with Crippen LogP contribution in [0.25, 0.3) is 0 Å². The van der Waals surface area contributed by atoms with Gasteiger partial charge in [-0.2, -0.15) is 0 Å². The largest absolute Gasteiger partial charge is 0.492 e. The van der Waals surface area contributed by atoms with Crippen molar-refractivity contribution in [2.75, 3.05) is 24.5 Å². The van der Waals surface area contributed by atoms with Crippen LogP contribution in [-0.4, -0.2) is 34.5 Å².